The van der Waals surface area contributed by atoms with Gasteiger partial charge in [-0.25, -0.2) is 0 Å². The zero-order chi connectivity index (χ0) is 11.1. The molecule has 1 heterocycles. The van der Waals surface area contributed by atoms with Crippen LogP contribution in [0.5, 0.6) is 0 Å². The van der Waals surface area contributed by atoms with Crippen molar-refractivity contribution in [2.45, 2.75) is 45.1 Å². The molecule has 2 rings (SSSR count). The highest BCUT2D eigenvalue weighted by molar-refractivity contribution is 4.98. The van der Waals surface area contributed by atoms with Gasteiger partial charge in [0.15, 0.2) is 0 Å². The fourth-order valence-corrected chi connectivity index (χ4v) is 2.40. The molecular weight excluding hydrogens is 198 g/mol. The van der Waals surface area contributed by atoms with Crippen molar-refractivity contribution in [2.24, 2.45) is 5.92 Å². The van der Waals surface area contributed by atoms with Crippen LogP contribution in [0.3, 0.4) is 0 Å². The molecule has 0 bridgehead atoms. The SMILES string of the molecule is c1cnnc(CNCC2CCCCCC2)c1. The Balaban J connectivity index is 1.67. The lowest BCUT2D eigenvalue weighted by Gasteiger charge is -2.14. The maximum absolute atomic E-state index is 4.07. The van der Waals surface area contributed by atoms with Gasteiger partial charge in [-0.2, -0.15) is 10.2 Å². The van der Waals surface area contributed by atoms with Crippen molar-refractivity contribution in [1.29, 1.82) is 0 Å². The summed E-state index contributed by atoms with van der Waals surface area (Å²) in [5, 5.41) is 11.4. The largest absolute Gasteiger partial charge is 0.311 e. The second kappa shape index (κ2) is 6.59. The molecule has 0 unspecified atom stereocenters. The van der Waals surface area contributed by atoms with Gasteiger partial charge in [0.1, 0.15) is 0 Å². The van der Waals surface area contributed by atoms with Gasteiger partial charge in [-0.3, -0.25) is 0 Å². The summed E-state index contributed by atoms with van der Waals surface area (Å²) in [6.07, 6.45) is 10.2. The normalized spacial score (nSPS) is 18.2. The molecule has 1 saturated carbocycles. The van der Waals surface area contributed by atoms with Gasteiger partial charge in [-0.05, 0) is 37.4 Å². The standard InChI is InChI=1S/C13H21N3/c1-2-4-7-12(6-3-1)10-14-11-13-8-5-9-15-16-13/h5,8-9,12,14H,1-4,6-7,10-11H2. The van der Waals surface area contributed by atoms with E-state index < -0.39 is 0 Å². The van der Waals surface area contributed by atoms with Crippen molar-refractivity contribution in [3.63, 3.8) is 0 Å². The second-order valence-corrected chi connectivity index (χ2v) is 4.70. The van der Waals surface area contributed by atoms with E-state index in [0.29, 0.717) is 0 Å². The molecule has 0 saturated heterocycles. The Labute approximate surface area is 97.7 Å². The van der Waals surface area contributed by atoms with Crippen molar-refractivity contribution in [3.05, 3.63) is 24.0 Å². The van der Waals surface area contributed by atoms with E-state index in [9.17, 15) is 0 Å². The molecule has 88 valence electrons. The predicted molar refractivity (Wildman–Crippen MR) is 64.9 cm³/mol. The van der Waals surface area contributed by atoms with Crippen molar-refractivity contribution >= 4 is 0 Å². The molecule has 1 aromatic rings. The summed E-state index contributed by atoms with van der Waals surface area (Å²) >= 11 is 0. The van der Waals surface area contributed by atoms with E-state index in [1.54, 1.807) is 6.20 Å². The summed E-state index contributed by atoms with van der Waals surface area (Å²) in [5.41, 5.74) is 1.04. The Hall–Kier alpha value is -0.960. The summed E-state index contributed by atoms with van der Waals surface area (Å²) in [5.74, 6) is 0.874. The van der Waals surface area contributed by atoms with Crippen LogP contribution in [0.15, 0.2) is 18.3 Å². The first kappa shape index (κ1) is 11.5. The Morgan fingerprint density at radius 3 is 2.69 bits per heavy atom. The molecule has 1 aromatic heterocycles. The minimum absolute atomic E-state index is 0.852. The monoisotopic (exact) mass is 219 g/mol. The van der Waals surface area contributed by atoms with Crippen LogP contribution in [0, 0.1) is 5.92 Å². The van der Waals surface area contributed by atoms with Crippen molar-refractivity contribution < 1.29 is 0 Å². The third kappa shape index (κ3) is 3.89. The lowest BCUT2D eigenvalue weighted by Crippen LogP contribution is -2.22. The van der Waals surface area contributed by atoms with Gasteiger partial charge in [0.2, 0.25) is 0 Å². The smallest absolute Gasteiger partial charge is 0.0768 e. The fourth-order valence-electron chi connectivity index (χ4n) is 2.40. The van der Waals surface area contributed by atoms with Gasteiger partial charge < -0.3 is 5.32 Å². The third-order valence-corrected chi connectivity index (χ3v) is 3.34. The quantitative estimate of drug-likeness (QED) is 0.791. The first-order valence-electron chi connectivity index (χ1n) is 6.42. The highest BCUT2D eigenvalue weighted by atomic mass is 15.1. The molecule has 1 fully saturated rings. The number of nitrogens with zero attached hydrogens (tertiary/aromatic N) is 2. The van der Waals surface area contributed by atoms with E-state index >= 15 is 0 Å². The van der Waals surface area contributed by atoms with Crippen molar-refractivity contribution in [2.75, 3.05) is 6.54 Å². The molecule has 0 spiro atoms. The Morgan fingerprint density at radius 2 is 2.00 bits per heavy atom. The van der Waals surface area contributed by atoms with Crippen LogP contribution in [0.2, 0.25) is 0 Å². The third-order valence-electron chi connectivity index (χ3n) is 3.34. The van der Waals surface area contributed by atoms with Gasteiger partial charge in [0.25, 0.3) is 0 Å². The molecule has 0 aromatic carbocycles. The molecule has 0 atom stereocenters. The van der Waals surface area contributed by atoms with Crippen LogP contribution in [0.1, 0.15) is 44.2 Å². The number of rotatable bonds is 4. The minimum Gasteiger partial charge on any atom is -0.311 e. The van der Waals surface area contributed by atoms with E-state index in [0.717, 1.165) is 24.7 Å². The number of nitrogens with one attached hydrogen (secondary N) is 1. The maximum atomic E-state index is 4.07. The molecule has 1 aliphatic carbocycles. The first-order valence-corrected chi connectivity index (χ1v) is 6.42. The highest BCUT2D eigenvalue weighted by Gasteiger charge is 2.11. The van der Waals surface area contributed by atoms with Gasteiger partial charge >= 0.3 is 0 Å². The molecule has 3 heteroatoms. The van der Waals surface area contributed by atoms with Crippen LogP contribution in [0.4, 0.5) is 0 Å². The highest BCUT2D eigenvalue weighted by Crippen LogP contribution is 2.22. The topological polar surface area (TPSA) is 37.8 Å². The average Bonchev–Trinajstić information content (AvgIpc) is 2.59. The zero-order valence-electron chi connectivity index (χ0n) is 9.86. The molecule has 3 nitrogen and oxygen atoms in total. The summed E-state index contributed by atoms with van der Waals surface area (Å²) in [6, 6.07) is 3.96. The van der Waals surface area contributed by atoms with Crippen LogP contribution in [-0.4, -0.2) is 16.7 Å². The Kier molecular flexibility index (Phi) is 4.74. The van der Waals surface area contributed by atoms with Crippen LogP contribution in [0.25, 0.3) is 0 Å². The maximum Gasteiger partial charge on any atom is 0.0768 e. The molecule has 1 aliphatic rings. The molecular formula is C13H21N3. The summed E-state index contributed by atoms with van der Waals surface area (Å²) < 4.78 is 0. The number of hydrogen-bond acceptors (Lipinski definition) is 3. The second-order valence-electron chi connectivity index (χ2n) is 4.70. The van der Waals surface area contributed by atoms with Gasteiger partial charge in [0, 0.05) is 12.7 Å². The van der Waals surface area contributed by atoms with Gasteiger partial charge in [0.05, 0.1) is 5.69 Å². The van der Waals surface area contributed by atoms with Gasteiger partial charge in [-0.1, -0.05) is 25.7 Å². The lowest BCUT2D eigenvalue weighted by atomic mass is 10.0. The molecule has 0 radical (unpaired) electrons. The molecule has 1 N–H and O–H groups in total. The first-order chi connectivity index (χ1) is 7.95. The van der Waals surface area contributed by atoms with Crippen LogP contribution in [-0.2, 0) is 6.54 Å². The van der Waals surface area contributed by atoms with E-state index in [-0.39, 0.29) is 0 Å². The van der Waals surface area contributed by atoms with Crippen LogP contribution < -0.4 is 5.32 Å². The van der Waals surface area contributed by atoms with E-state index in [4.69, 9.17) is 0 Å². The van der Waals surface area contributed by atoms with Crippen LogP contribution >= 0.6 is 0 Å². The minimum atomic E-state index is 0.852. The summed E-state index contributed by atoms with van der Waals surface area (Å²) in [7, 11) is 0. The lowest BCUT2D eigenvalue weighted by molar-refractivity contribution is 0.423. The van der Waals surface area contributed by atoms with Crippen molar-refractivity contribution in [3.8, 4) is 0 Å². The number of aromatic nitrogens is 2. The zero-order valence-corrected chi connectivity index (χ0v) is 9.86. The molecule has 0 amide bonds. The average molecular weight is 219 g/mol. The number of hydrogen-bond donors (Lipinski definition) is 1. The Bertz CT molecular complexity index is 278. The van der Waals surface area contributed by atoms with Gasteiger partial charge in [-0.15, -0.1) is 0 Å². The van der Waals surface area contributed by atoms with E-state index in [1.165, 1.54) is 38.5 Å². The fraction of sp³-hybridized carbons (Fsp3) is 0.692. The Morgan fingerprint density at radius 1 is 1.19 bits per heavy atom. The van der Waals surface area contributed by atoms with E-state index in [2.05, 4.69) is 15.5 Å². The summed E-state index contributed by atoms with van der Waals surface area (Å²) in [6.45, 7) is 1.99. The molecule has 16 heavy (non-hydrogen) atoms. The molecule has 0 aliphatic heterocycles. The predicted octanol–water partition coefficient (Wildman–Crippen LogP) is 2.54. The van der Waals surface area contributed by atoms with Crippen molar-refractivity contribution in [1.82, 2.24) is 15.5 Å². The summed E-state index contributed by atoms with van der Waals surface area (Å²) in [4.78, 5) is 0. The van der Waals surface area contributed by atoms with E-state index in [1.807, 2.05) is 12.1 Å².